The van der Waals surface area contributed by atoms with Gasteiger partial charge in [0.15, 0.2) is 0 Å². The lowest BCUT2D eigenvalue weighted by atomic mass is 9.98. The zero-order valence-corrected chi connectivity index (χ0v) is 9.77. The third-order valence-corrected chi connectivity index (χ3v) is 2.76. The van der Waals surface area contributed by atoms with Crippen molar-refractivity contribution in [3.63, 3.8) is 0 Å². The van der Waals surface area contributed by atoms with Gasteiger partial charge in [-0.15, -0.1) is 0 Å². The average molecular weight is 208 g/mol. The van der Waals surface area contributed by atoms with Crippen LogP contribution < -0.4 is 0 Å². The van der Waals surface area contributed by atoms with Crippen LogP contribution in [0.4, 0.5) is 0 Å². The second kappa shape index (κ2) is 4.80. The van der Waals surface area contributed by atoms with Crippen LogP contribution in [0.3, 0.4) is 0 Å². The number of rotatable bonds is 2. The maximum atomic E-state index is 2.18. The summed E-state index contributed by atoms with van der Waals surface area (Å²) in [4.78, 5) is 0. The van der Waals surface area contributed by atoms with Gasteiger partial charge in [-0.1, -0.05) is 60.7 Å². The maximum Gasteiger partial charge on any atom is -0.0106 e. The highest BCUT2D eigenvalue weighted by atomic mass is 14.1. The first-order valence-corrected chi connectivity index (χ1v) is 5.64. The molecule has 0 heterocycles. The first-order chi connectivity index (χ1) is 7.86. The summed E-state index contributed by atoms with van der Waals surface area (Å²) in [5.41, 5.74) is 2.58. The van der Waals surface area contributed by atoms with Gasteiger partial charge in [0, 0.05) is 0 Å². The van der Waals surface area contributed by atoms with Crippen molar-refractivity contribution in [1.29, 1.82) is 0 Å². The highest BCUT2D eigenvalue weighted by Gasteiger charge is 2.01. The molecule has 0 aliphatic carbocycles. The van der Waals surface area contributed by atoms with Gasteiger partial charge in [-0.3, -0.25) is 0 Å². The second-order valence-electron chi connectivity index (χ2n) is 3.77. The number of hydrogen-bond donors (Lipinski definition) is 0. The van der Waals surface area contributed by atoms with Gasteiger partial charge < -0.3 is 0 Å². The van der Waals surface area contributed by atoms with Crippen LogP contribution in [0.2, 0.25) is 0 Å². The lowest BCUT2D eigenvalue weighted by Gasteiger charge is -2.07. The molecule has 2 aromatic carbocycles. The van der Waals surface area contributed by atoms with Crippen molar-refractivity contribution in [2.45, 2.75) is 13.8 Å². The number of allylic oxidation sites excluding steroid dienone is 4. The number of fused-ring (bicyclic) bond motifs is 1. The Kier molecular flexibility index (Phi) is 3.21. The van der Waals surface area contributed by atoms with Gasteiger partial charge in [-0.05, 0) is 35.8 Å². The Morgan fingerprint density at radius 2 is 1.69 bits per heavy atom. The summed E-state index contributed by atoms with van der Waals surface area (Å²) >= 11 is 0. The maximum absolute atomic E-state index is 2.18. The molecule has 0 fully saturated rings. The van der Waals surface area contributed by atoms with Crippen LogP contribution in [-0.4, -0.2) is 0 Å². The average Bonchev–Trinajstić information content (AvgIpc) is 2.35. The van der Waals surface area contributed by atoms with E-state index >= 15 is 0 Å². The van der Waals surface area contributed by atoms with Gasteiger partial charge >= 0.3 is 0 Å². The molecule has 0 nitrogen and oxygen atoms in total. The van der Waals surface area contributed by atoms with E-state index < -0.39 is 0 Å². The molecule has 0 N–H and O–H groups in total. The molecule has 0 bridgehead atoms. The van der Waals surface area contributed by atoms with E-state index in [-0.39, 0.29) is 0 Å². The summed E-state index contributed by atoms with van der Waals surface area (Å²) in [6, 6.07) is 15.0. The SMILES string of the molecule is C/C=C\C(=C/C)c1cccc2ccccc12. The Hall–Kier alpha value is -1.82. The van der Waals surface area contributed by atoms with Crippen molar-refractivity contribution in [2.75, 3.05) is 0 Å². The molecule has 0 saturated heterocycles. The molecule has 0 radical (unpaired) electrons. The molecular formula is C16H16. The molecule has 0 amide bonds. The second-order valence-corrected chi connectivity index (χ2v) is 3.77. The van der Waals surface area contributed by atoms with Crippen LogP contribution in [0.25, 0.3) is 16.3 Å². The van der Waals surface area contributed by atoms with E-state index in [9.17, 15) is 0 Å². The lowest BCUT2D eigenvalue weighted by Crippen LogP contribution is -1.83. The van der Waals surface area contributed by atoms with E-state index in [4.69, 9.17) is 0 Å². The third kappa shape index (κ3) is 1.92. The Morgan fingerprint density at radius 1 is 0.938 bits per heavy atom. The molecule has 0 aromatic heterocycles. The van der Waals surface area contributed by atoms with Gasteiger partial charge in [-0.2, -0.15) is 0 Å². The highest BCUT2D eigenvalue weighted by Crippen LogP contribution is 2.25. The van der Waals surface area contributed by atoms with Crippen molar-refractivity contribution in [3.8, 4) is 0 Å². The first kappa shape index (κ1) is 10.7. The molecule has 0 spiro atoms. The molecule has 2 aromatic rings. The molecule has 0 atom stereocenters. The van der Waals surface area contributed by atoms with Gasteiger partial charge in [0.1, 0.15) is 0 Å². The summed E-state index contributed by atoms with van der Waals surface area (Å²) in [5, 5.41) is 2.61. The van der Waals surface area contributed by atoms with Gasteiger partial charge in [0.25, 0.3) is 0 Å². The topological polar surface area (TPSA) is 0 Å². The molecule has 2 rings (SSSR count). The molecule has 0 heteroatoms. The normalized spacial score (nSPS) is 12.5. The number of benzene rings is 2. The van der Waals surface area contributed by atoms with Gasteiger partial charge in [0.05, 0.1) is 0 Å². The van der Waals surface area contributed by atoms with Gasteiger partial charge in [-0.25, -0.2) is 0 Å². The Labute approximate surface area is 96.9 Å². The largest absolute Gasteiger partial charge is 0.0871 e. The number of hydrogen-bond acceptors (Lipinski definition) is 0. The minimum absolute atomic E-state index is 1.28. The third-order valence-electron chi connectivity index (χ3n) is 2.76. The Morgan fingerprint density at radius 3 is 2.44 bits per heavy atom. The summed E-state index contributed by atoms with van der Waals surface area (Å²) < 4.78 is 0. The quantitative estimate of drug-likeness (QED) is 0.621. The minimum atomic E-state index is 1.28. The molecule has 0 saturated carbocycles. The van der Waals surface area contributed by atoms with Crippen LogP contribution in [0.1, 0.15) is 19.4 Å². The fraction of sp³-hybridized carbons (Fsp3) is 0.125. The van der Waals surface area contributed by atoms with Crippen molar-refractivity contribution in [2.24, 2.45) is 0 Å². The van der Waals surface area contributed by atoms with Crippen molar-refractivity contribution in [1.82, 2.24) is 0 Å². The van der Waals surface area contributed by atoms with Crippen molar-refractivity contribution < 1.29 is 0 Å². The van der Waals surface area contributed by atoms with Crippen LogP contribution in [0, 0.1) is 0 Å². The lowest BCUT2D eigenvalue weighted by molar-refractivity contribution is 1.62. The van der Waals surface area contributed by atoms with Crippen molar-refractivity contribution in [3.05, 3.63) is 66.3 Å². The first-order valence-electron chi connectivity index (χ1n) is 5.64. The van der Waals surface area contributed by atoms with E-state index in [0.717, 1.165) is 0 Å². The van der Waals surface area contributed by atoms with E-state index in [1.54, 1.807) is 0 Å². The van der Waals surface area contributed by atoms with E-state index in [1.165, 1.54) is 21.9 Å². The molecule has 0 unspecified atom stereocenters. The Balaban J connectivity index is 2.69. The predicted molar refractivity (Wildman–Crippen MR) is 72.4 cm³/mol. The molecule has 80 valence electrons. The molecule has 16 heavy (non-hydrogen) atoms. The standard InChI is InChI=1S/C16H16/c1-3-8-13(4-2)15-12-7-10-14-9-5-6-11-16(14)15/h3-12H,1-2H3/b8-3-,13-4+. The van der Waals surface area contributed by atoms with Gasteiger partial charge in [0.2, 0.25) is 0 Å². The summed E-state index contributed by atoms with van der Waals surface area (Å²) in [5.74, 6) is 0. The molecule has 0 aliphatic heterocycles. The van der Waals surface area contributed by atoms with E-state index in [0.29, 0.717) is 0 Å². The van der Waals surface area contributed by atoms with E-state index in [2.05, 4.69) is 74.5 Å². The van der Waals surface area contributed by atoms with Crippen LogP contribution in [-0.2, 0) is 0 Å². The van der Waals surface area contributed by atoms with Crippen LogP contribution in [0.15, 0.2) is 60.7 Å². The summed E-state index contributed by atoms with van der Waals surface area (Å²) in [6.45, 7) is 4.13. The Bertz CT molecular complexity index is 539. The zero-order valence-electron chi connectivity index (χ0n) is 9.77. The van der Waals surface area contributed by atoms with Crippen molar-refractivity contribution >= 4 is 16.3 Å². The highest BCUT2D eigenvalue weighted by molar-refractivity contribution is 5.95. The molecule has 0 aliphatic rings. The monoisotopic (exact) mass is 208 g/mol. The minimum Gasteiger partial charge on any atom is -0.0871 e. The van der Waals surface area contributed by atoms with Crippen LogP contribution in [0.5, 0.6) is 0 Å². The fourth-order valence-corrected chi connectivity index (χ4v) is 2.00. The summed E-state index contributed by atoms with van der Waals surface area (Å²) in [6.07, 6.45) is 6.39. The van der Waals surface area contributed by atoms with E-state index in [1.807, 2.05) is 0 Å². The summed E-state index contributed by atoms with van der Waals surface area (Å²) in [7, 11) is 0. The van der Waals surface area contributed by atoms with Crippen LogP contribution >= 0.6 is 0 Å². The fourth-order valence-electron chi connectivity index (χ4n) is 2.00. The predicted octanol–water partition coefficient (Wildman–Crippen LogP) is 4.82. The smallest absolute Gasteiger partial charge is 0.0106 e. The zero-order chi connectivity index (χ0) is 11.4. The molecular weight excluding hydrogens is 192 g/mol.